The van der Waals surface area contributed by atoms with Crippen LogP contribution in [0, 0.1) is 5.92 Å². The van der Waals surface area contributed by atoms with Crippen LogP contribution in [0.15, 0.2) is 0 Å². The zero-order valence-electron chi connectivity index (χ0n) is 10.1. The van der Waals surface area contributed by atoms with Gasteiger partial charge >= 0.3 is 0 Å². The fraction of sp³-hybridized carbons (Fsp3) is 1.00. The van der Waals surface area contributed by atoms with Crippen molar-refractivity contribution in [1.29, 1.82) is 0 Å². The van der Waals surface area contributed by atoms with Gasteiger partial charge < -0.3 is 0 Å². The first-order valence-electron chi connectivity index (χ1n) is 6.03. The van der Waals surface area contributed by atoms with Crippen LogP contribution in [0.5, 0.6) is 0 Å². The van der Waals surface area contributed by atoms with Crippen molar-refractivity contribution in [1.82, 2.24) is 4.72 Å². The first kappa shape index (κ1) is 14.5. The van der Waals surface area contributed by atoms with Gasteiger partial charge in [-0.1, -0.05) is 29.8 Å². The number of rotatable bonds is 5. The fourth-order valence-electron chi connectivity index (χ4n) is 1.87. The lowest BCUT2D eigenvalue weighted by Crippen LogP contribution is -2.39. The van der Waals surface area contributed by atoms with Crippen LogP contribution in [0.1, 0.15) is 46.0 Å². The van der Waals surface area contributed by atoms with Gasteiger partial charge in [0, 0.05) is 10.9 Å². The maximum absolute atomic E-state index is 11.8. The SMILES string of the molecule is CC(C)CCS(=O)(=O)NC1CCC(Br)CC1. The molecular weight excluding hydrogens is 290 g/mol. The summed E-state index contributed by atoms with van der Waals surface area (Å²) in [7, 11) is -3.06. The monoisotopic (exact) mass is 311 g/mol. The largest absolute Gasteiger partial charge is 0.212 e. The van der Waals surface area contributed by atoms with Crippen molar-refractivity contribution in [3.63, 3.8) is 0 Å². The Kier molecular flexibility index (Phi) is 5.74. The van der Waals surface area contributed by atoms with Gasteiger partial charge in [0.1, 0.15) is 0 Å². The minimum Gasteiger partial charge on any atom is -0.212 e. The van der Waals surface area contributed by atoms with E-state index in [1.807, 2.05) is 13.8 Å². The lowest BCUT2D eigenvalue weighted by molar-refractivity contribution is 0.421. The van der Waals surface area contributed by atoms with E-state index in [0.717, 1.165) is 32.1 Å². The molecule has 0 saturated heterocycles. The van der Waals surface area contributed by atoms with Crippen molar-refractivity contribution in [2.45, 2.75) is 56.8 Å². The second-order valence-corrected chi connectivity index (χ2v) is 8.24. The topological polar surface area (TPSA) is 46.2 Å². The van der Waals surface area contributed by atoms with Gasteiger partial charge in [0.25, 0.3) is 0 Å². The van der Waals surface area contributed by atoms with Gasteiger partial charge in [-0.2, -0.15) is 0 Å². The van der Waals surface area contributed by atoms with Crippen LogP contribution in [0.4, 0.5) is 0 Å². The Balaban J connectivity index is 2.35. The summed E-state index contributed by atoms with van der Waals surface area (Å²) < 4.78 is 26.3. The molecule has 3 nitrogen and oxygen atoms in total. The van der Waals surface area contributed by atoms with Gasteiger partial charge in [-0.25, -0.2) is 13.1 Å². The number of alkyl halides is 1. The van der Waals surface area contributed by atoms with Crippen molar-refractivity contribution in [3.05, 3.63) is 0 Å². The van der Waals surface area contributed by atoms with Crippen molar-refractivity contribution in [2.75, 3.05) is 5.75 Å². The highest BCUT2D eigenvalue weighted by atomic mass is 79.9. The number of nitrogens with one attached hydrogen (secondary N) is 1. The molecule has 0 amide bonds. The second kappa shape index (κ2) is 6.36. The molecule has 0 aliphatic heterocycles. The summed E-state index contributed by atoms with van der Waals surface area (Å²) >= 11 is 3.57. The quantitative estimate of drug-likeness (QED) is 0.793. The van der Waals surface area contributed by atoms with E-state index in [9.17, 15) is 8.42 Å². The average molecular weight is 312 g/mol. The summed E-state index contributed by atoms with van der Waals surface area (Å²) in [5.41, 5.74) is 0. The Morgan fingerprint density at radius 2 is 1.81 bits per heavy atom. The van der Waals surface area contributed by atoms with Gasteiger partial charge in [0.15, 0.2) is 0 Å². The number of hydrogen-bond donors (Lipinski definition) is 1. The van der Waals surface area contributed by atoms with Gasteiger partial charge in [-0.15, -0.1) is 0 Å². The molecule has 5 heteroatoms. The van der Waals surface area contributed by atoms with Crippen LogP contribution in [0.3, 0.4) is 0 Å². The van der Waals surface area contributed by atoms with Crippen LogP contribution >= 0.6 is 15.9 Å². The van der Waals surface area contributed by atoms with Crippen molar-refractivity contribution in [3.8, 4) is 0 Å². The molecule has 1 rings (SSSR count). The third-order valence-electron chi connectivity index (χ3n) is 2.97. The average Bonchev–Trinajstić information content (AvgIpc) is 2.19. The highest BCUT2D eigenvalue weighted by Crippen LogP contribution is 2.24. The van der Waals surface area contributed by atoms with E-state index in [4.69, 9.17) is 0 Å². The summed E-state index contributed by atoms with van der Waals surface area (Å²) in [6.45, 7) is 4.09. The van der Waals surface area contributed by atoms with E-state index in [-0.39, 0.29) is 11.8 Å². The first-order valence-corrected chi connectivity index (χ1v) is 8.60. The lowest BCUT2D eigenvalue weighted by Gasteiger charge is -2.25. The van der Waals surface area contributed by atoms with Crippen LogP contribution in [-0.2, 0) is 10.0 Å². The Morgan fingerprint density at radius 1 is 1.25 bits per heavy atom. The molecule has 0 aromatic carbocycles. The predicted octanol–water partition coefficient (Wildman–Crippen LogP) is 2.66. The van der Waals surface area contributed by atoms with Gasteiger partial charge in [-0.05, 0) is 38.0 Å². The number of hydrogen-bond acceptors (Lipinski definition) is 2. The van der Waals surface area contributed by atoms with Gasteiger partial charge in [0.2, 0.25) is 10.0 Å². The standard InChI is InChI=1S/C11H22BrNO2S/c1-9(2)7-8-16(14,15)13-11-5-3-10(12)4-6-11/h9-11,13H,3-8H2,1-2H3. The molecule has 1 N–H and O–H groups in total. The molecule has 16 heavy (non-hydrogen) atoms. The van der Waals surface area contributed by atoms with E-state index in [1.165, 1.54) is 0 Å². The van der Waals surface area contributed by atoms with Gasteiger partial charge in [0.05, 0.1) is 5.75 Å². The second-order valence-electron chi connectivity index (χ2n) is 5.07. The molecule has 0 aromatic heterocycles. The first-order chi connectivity index (χ1) is 7.39. The van der Waals surface area contributed by atoms with E-state index in [0.29, 0.717) is 10.7 Å². The molecular formula is C11H22BrNO2S. The Labute approximate surface area is 108 Å². The molecule has 96 valence electrons. The third-order valence-corrected chi connectivity index (χ3v) is 5.35. The van der Waals surface area contributed by atoms with Crippen LogP contribution < -0.4 is 4.72 Å². The predicted molar refractivity (Wildman–Crippen MR) is 71.3 cm³/mol. The van der Waals surface area contributed by atoms with E-state index in [1.54, 1.807) is 0 Å². The van der Waals surface area contributed by atoms with E-state index >= 15 is 0 Å². The molecule has 0 radical (unpaired) electrons. The summed E-state index contributed by atoms with van der Waals surface area (Å²) in [4.78, 5) is 0.573. The van der Waals surface area contributed by atoms with Crippen molar-refractivity contribution in [2.24, 2.45) is 5.92 Å². The zero-order chi connectivity index (χ0) is 12.2. The van der Waals surface area contributed by atoms with Crippen LogP contribution in [0.2, 0.25) is 0 Å². The lowest BCUT2D eigenvalue weighted by atomic mass is 9.96. The highest BCUT2D eigenvalue weighted by Gasteiger charge is 2.23. The van der Waals surface area contributed by atoms with Crippen molar-refractivity contribution >= 4 is 26.0 Å². The van der Waals surface area contributed by atoms with E-state index < -0.39 is 10.0 Å². The Bertz CT molecular complexity index is 295. The smallest absolute Gasteiger partial charge is 0.211 e. The molecule has 1 aliphatic carbocycles. The summed E-state index contributed by atoms with van der Waals surface area (Å²) in [5, 5.41) is 0. The van der Waals surface area contributed by atoms with E-state index in [2.05, 4.69) is 20.7 Å². The maximum Gasteiger partial charge on any atom is 0.211 e. The number of sulfonamides is 1. The summed E-state index contributed by atoms with van der Waals surface area (Å²) in [6, 6.07) is 0.158. The zero-order valence-corrected chi connectivity index (χ0v) is 12.5. The molecule has 0 unspecified atom stereocenters. The molecule has 0 atom stereocenters. The molecule has 1 aliphatic rings. The minimum absolute atomic E-state index is 0.158. The molecule has 0 aromatic rings. The Hall–Kier alpha value is 0.390. The van der Waals surface area contributed by atoms with Crippen LogP contribution in [-0.4, -0.2) is 25.0 Å². The molecule has 0 bridgehead atoms. The highest BCUT2D eigenvalue weighted by molar-refractivity contribution is 9.09. The van der Waals surface area contributed by atoms with Gasteiger partial charge in [-0.3, -0.25) is 0 Å². The summed E-state index contributed by atoms with van der Waals surface area (Å²) in [5.74, 6) is 0.702. The Morgan fingerprint density at radius 3 is 2.31 bits per heavy atom. The molecule has 0 spiro atoms. The normalized spacial score (nSPS) is 27.2. The summed E-state index contributed by atoms with van der Waals surface area (Å²) in [6.07, 6.45) is 4.78. The third kappa shape index (κ3) is 5.64. The number of halogens is 1. The molecule has 1 fully saturated rings. The van der Waals surface area contributed by atoms with Crippen LogP contribution in [0.25, 0.3) is 0 Å². The maximum atomic E-state index is 11.8. The molecule has 1 saturated carbocycles. The molecule has 0 heterocycles. The minimum atomic E-state index is -3.06. The fourth-order valence-corrected chi connectivity index (χ4v) is 4.05. The van der Waals surface area contributed by atoms with Crippen molar-refractivity contribution < 1.29 is 8.42 Å².